The van der Waals surface area contributed by atoms with E-state index in [0.29, 0.717) is 0 Å². The van der Waals surface area contributed by atoms with E-state index in [1.165, 1.54) is 0 Å². The highest BCUT2D eigenvalue weighted by Gasteiger charge is 2.35. The van der Waals surface area contributed by atoms with E-state index in [1.807, 2.05) is 19.1 Å². The fraction of sp³-hybridized carbons (Fsp3) is 0.538. The smallest absolute Gasteiger partial charge is 0.122 e. The number of nitrogens with two attached hydrogens (primary N) is 1. The Morgan fingerprint density at radius 2 is 2.25 bits per heavy atom. The molecule has 3 heteroatoms. The number of hydrogen-bond donors (Lipinski definition) is 2. The van der Waals surface area contributed by atoms with Crippen LogP contribution in [0.5, 0.6) is 5.75 Å². The number of hydrogen-bond acceptors (Lipinski definition) is 3. The minimum atomic E-state index is -0.869. The van der Waals surface area contributed by atoms with Crippen molar-refractivity contribution in [2.24, 2.45) is 5.73 Å². The predicted molar refractivity (Wildman–Crippen MR) is 63.6 cm³/mol. The van der Waals surface area contributed by atoms with Crippen molar-refractivity contribution in [3.05, 3.63) is 28.8 Å². The molecule has 88 valence electrons. The molecule has 0 aromatic heterocycles. The molecule has 0 radical (unpaired) electrons. The number of methoxy groups -OCH3 is 1. The molecule has 1 atom stereocenters. The van der Waals surface area contributed by atoms with Crippen LogP contribution in [0.25, 0.3) is 0 Å². The second-order valence-electron chi connectivity index (χ2n) is 4.53. The molecule has 0 amide bonds. The Kier molecular flexibility index (Phi) is 2.91. The molecule has 1 aliphatic rings. The maximum absolute atomic E-state index is 10.6. The topological polar surface area (TPSA) is 55.5 Å². The first-order valence-corrected chi connectivity index (χ1v) is 5.72. The number of aliphatic hydroxyl groups is 1. The van der Waals surface area contributed by atoms with E-state index in [4.69, 9.17) is 10.5 Å². The maximum Gasteiger partial charge on any atom is 0.122 e. The van der Waals surface area contributed by atoms with Crippen LogP contribution >= 0.6 is 0 Å². The van der Waals surface area contributed by atoms with Gasteiger partial charge in [-0.1, -0.05) is 6.07 Å². The molecule has 0 aliphatic heterocycles. The molecule has 1 aromatic rings. The van der Waals surface area contributed by atoms with E-state index in [1.54, 1.807) is 7.11 Å². The summed E-state index contributed by atoms with van der Waals surface area (Å²) in [5.41, 5.74) is 8.07. The number of ether oxygens (including phenoxy) is 1. The molecule has 3 nitrogen and oxygen atoms in total. The van der Waals surface area contributed by atoms with Gasteiger partial charge >= 0.3 is 0 Å². The van der Waals surface area contributed by atoms with Gasteiger partial charge in [0.1, 0.15) is 11.4 Å². The Morgan fingerprint density at radius 3 is 2.88 bits per heavy atom. The van der Waals surface area contributed by atoms with Crippen molar-refractivity contribution in [3.63, 3.8) is 0 Å². The van der Waals surface area contributed by atoms with Crippen LogP contribution in [-0.2, 0) is 12.0 Å². The monoisotopic (exact) mass is 221 g/mol. The molecule has 0 saturated heterocycles. The Bertz CT molecular complexity index is 403. The minimum absolute atomic E-state index is 0.272. The number of fused-ring (bicyclic) bond motifs is 1. The molecule has 0 spiro atoms. The summed E-state index contributed by atoms with van der Waals surface area (Å²) in [7, 11) is 1.67. The average Bonchev–Trinajstić information content (AvgIpc) is 2.30. The molecule has 1 aliphatic carbocycles. The molecule has 0 fully saturated rings. The van der Waals surface area contributed by atoms with Crippen molar-refractivity contribution in [1.29, 1.82) is 0 Å². The van der Waals surface area contributed by atoms with Gasteiger partial charge in [-0.2, -0.15) is 0 Å². The molecule has 1 aromatic carbocycles. The molecular formula is C13H19NO2. The van der Waals surface area contributed by atoms with Gasteiger partial charge in [0.15, 0.2) is 0 Å². The van der Waals surface area contributed by atoms with Crippen molar-refractivity contribution in [2.75, 3.05) is 13.7 Å². The highest BCUT2D eigenvalue weighted by atomic mass is 16.5. The quantitative estimate of drug-likeness (QED) is 0.795. The van der Waals surface area contributed by atoms with E-state index in [9.17, 15) is 5.11 Å². The summed E-state index contributed by atoms with van der Waals surface area (Å²) in [6.07, 6.45) is 2.66. The zero-order valence-electron chi connectivity index (χ0n) is 9.92. The summed E-state index contributed by atoms with van der Waals surface area (Å²) in [4.78, 5) is 0. The third-order valence-electron chi connectivity index (χ3n) is 3.52. The number of benzene rings is 1. The third kappa shape index (κ3) is 1.60. The fourth-order valence-electron chi connectivity index (χ4n) is 2.72. The molecular weight excluding hydrogens is 202 g/mol. The lowest BCUT2D eigenvalue weighted by Gasteiger charge is -2.35. The zero-order chi connectivity index (χ0) is 11.8. The Balaban J connectivity index is 2.63. The molecule has 1 unspecified atom stereocenters. The average molecular weight is 221 g/mol. The summed E-state index contributed by atoms with van der Waals surface area (Å²) >= 11 is 0. The van der Waals surface area contributed by atoms with Gasteiger partial charge in [-0.05, 0) is 43.4 Å². The highest BCUT2D eigenvalue weighted by Crippen LogP contribution is 2.40. The van der Waals surface area contributed by atoms with Gasteiger partial charge in [0, 0.05) is 12.1 Å². The second kappa shape index (κ2) is 4.07. The second-order valence-corrected chi connectivity index (χ2v) is 4.53. The van der Waals surface area contributed by atoms with Gasteiger partial charge in [0.2, 0.25) is 0 Å². The van der Waals surface area contributed by atoms with Crippen LogP contribution < -0.4 is 10.5 Å². The first-order valence-electron chi connectivity index (χ1n) is 5.72. The van der Waals surface area contributed by atoms with Crippen LogP contribution in [0.15, 0.2) is 12.1 Å². The van der Waals surface area contributed by atoms with Crippen LogP contribution in [0, 0.1) is 6.92 Å². The lowest BCUT2D eigenvalue weighted by molar-refractivity contribution is 0.0268. The largest absolute Gasteiger partial charge is 0.496 e. The Hall–Kier alpha value is -1.06. The molecule has 0 heterocycles. The predicted octanol–water partition coefficient (Wildman–Crippen LogP) is 1.49. The number of aryl methyl sites for hydroxylation is 1. The number of rotatable bonds is 2. The van der Waals surface area contributed by atoms with E-state index >= 15 is 0 Å². The molecule has 0 bridgehead atoms. The first-order chi connectivity index (χ1) is 7.62. The van der Waals surface area contributed by atoms with Crippen LogP contribution in [-0.4, -0.2) is 18.8 Å². The molecule has 16 heavy (non-hydrogen) atoms. The van der Waals surface area contributed by atoms with Gasteiger partial charge in [-0.15, -0.1) is 0 Å². The molecule has 0 saturated carbocycles. The van der Waals surface area contributed by atoms with E-state index in [0.717, 1.165) is 41.7 Å². The third-order valence-corrected chi connectivity index (χ3v) is 3.52. The highest BCUT2D eigenvalue weighted by molar-refractivity contribution is 5.49. The van der Waals surface area contributed by atoms with Gasteiger partial charge in [0.25, 0.3) is 0 Å². The van der Waals surface area contributed by atoms with E-state index in [2.05, 4.69) is 0 Å². The normalized spacial score (nSPS) is 24.0. The summed E-state index contributed by atoms with van der Waals surface area (Å²) in [5, 5.41) is 10.6. The van der Waals surface area contributed by atoms with Gasteiger partial charge in [0.05, 0.1) is 7.11 Å². The van der Waals surface area contributed by atoms with Gasteiger partial charge in [-0.25, -0.2) is 0 Å². The van der Waals surface area contributed by atoms with Crippen molar-refractivity contribution in [3.8, 4) is 5.75 Å². The maximum atomic E-state index is 10.6. The lowest BCUT2D eigenvalue weighted by Crippen LogP contribution is -2.39. The zero-order valence-corrected chi connectivity index (χ0v) is 9.92. The van der Waals surface area contributed by atoms with Gasteiger partial charge < -0.3 is 15.6 Å². The molecule has 2 rings (SSSR count). The van der Waals surface area contributed by atoms with E-state index in [-0.39, 0.29) is 6.54 Å². The summed E-state index contributed by atoms with van der Waals surface area (Å²) in [6.45, 7) is 2.29. The summed E-state index contributed by atoms with van der Waals surface area (Å²) in [5.74, 6) is 0.868. The summed E-state index contributed by atoms with van der Waals surface area (Å²) in [6, 6.07) is 3.96. The van der Waals surface area contributed by atoms with Crippen molar-refractivity contribution in [1.82, 2.24) is 0 Å². The van der Waals surface area contributed by atoms with E-state index < -0.39 is 5.60 Å². The van der Waals surface area contributed by atoms with Gasteiger partial charge in [-0.3, -0.25) is 0 Å². The minimum Gasteiger partial charge on any atom is -0.496 e. The van der Waals surface area contributed by atoms with Crippen molar-refractivity contribution in [2.45, 2.75) is 31.8 Å². The standard InChI is InChI=1S/C13H19NO2/c1-9-5-6-11(16-2)10-4-3-7-13(15,8-14)12(9)10/h5-6,15H,3-4,7-8,14H2,1-2H3. The lowest BCUT2D eigenvalue weighted by atomic mass is 9.76. The van der Waals surface area contributed by atoms with Crippen LogP contribution in [0.4, 0.5) is 0 Å². The SMILES string of the molecule is COc1ccc(C)c2c1CCCC2(O)CN. The Labute approximate surface area is 96.2 Å². The first kappa shape index (κ1) is 11.4. The Morgan fingerprint density at radius 1 is 1.50 bits per heavy atom. The fourth-order valence-corrected chi connectivity index (χ4v) is 2.72. The van der Waals surface area contributed by atoms with Crippen LogP contribution in [0.1, 0.15) is 29.5 Å². The molecule has 3 N–H and O–H groups in total. The van der Waals surface area contributed by atoms with Crippen molar-refractivity contribution >= 4 is 0 Å². The van der Waals surface area contributed by atoms with Crippen LogP contribution in [0.3, 0.4) is 0 Å². The van der Waals surface area contributed by atoms with Crippen molar-refractivity contribution < 1.29 is 9.84 Å². The van der Waals surface area contributed by atoms with Crippen LogP contribution in [0.2, 0.25) is 0 Å². The summed E-state index contributed by atoms with van der Waals surface area (Å²) < 4.78 is 5.35.